The highest BCUT2D eigenvalue weighted by atomic mass is 15.0. The van der Waals surface area contributed by atoms with E-state index >= 15 is 0 Å². The fourth-order valence-corrected chi connectivity index (χ4v) is 3.17. The molecule has 3 aromatic carbocycles. The summed E-state index contributed by atoms with van der Waals surface area (Å²) in [4.78, 5) is 0. The second kappa shape index (κ2) is 6.21. The summed E-state index contributed by atoms with van der Waals surface area (Å²) in [6.45, 7) is 2.14. The van der Waals surface area contributed by atoms with Gasteiger partial charge in [-0.3, -0.25) is 0 Å². The Bertz CT molecular complexity index is 950. The molecule has 1 heterocycles. The van der Waals surface area contributed by atoms with Crippen molar-refractivity contribution < 1.29 is 0 Å². The molecular weight excluding hydrogens is 290 g/mol. The van der Waals surface area contributed by atoms with E-state index in [1.165, 1.54) is 33.6 Å². The van der Waals surface area contributed by atoms with E-state index in [4.69, 9.17) is 0 Å². The van der Waals surface area contributed by atoms with Gasteiger partial charge < -0.3 is 4.57 Å². The molecule has 24 heavy (non-hydrogen) atoms. The standard InChI is InChI=1S/C23H19N/c1-18-9-8-12-20(17-18)22-15-16-24(21-13-6-3-7-14-21)23(22)19-10-4-2-5-11-19/h2-17H,1H3. The van der Waals surface area contributed by atoms with Crippen molar-refractivity contribution in [2.45, 2.75) is 6.92 Å². The molecule has 0 aliphatic rings. The minimum absolute atomic E-state index is 1.18. The predicted molar refractivity (Wildman–Crippen MR) is 101 cm³/mol. The van der Waals surface area contributed by atoms with Gasteiger partial charge >= 0.3 is 0 Å². The minimum atomic E-state index is 1.18. The van der Waals surface area contributed by atoms with Crippen LogP contribution in [0.5, 0.6) is 0 Å². The Balaban J connectivity index is 1.97. The SMILES string of the molecule is Cc1cccc(-c2ccn(-c3ccccc3)c2-c2ccccc2)c1. The lowest BCUT2D eigenvalue weighted by molar-refractivity contribution is 1.09. The van der Waals surface area contributed by atoms with Gasteiger partial charge in [0.05, 0.1) is 5.69 Å². The van der Waals surface area contributed by atoms with Gasteiger partial charge in [-0.1, -0.05) is 78.4 Å². The van der Waals surface area contributed by atoms with Crippen LogP contribution in [-0.2, 0) is 0 Å². The van der Waals surface area contributed by atoms with E-state index in [1.54, 1.807) is 0 Å². The Hall–Kier alpha value is -3.06. The summed E-state index contributed by atoms with van der Waals surface area (Å²) in [6, 6.07) is 32.0. The first-order chi connectivity index (χ1) is 11.8. The average Bonchev–Trinajstić information content (AvgIpc) is 3.08. The molecule has 0 atom stereocenters. The second-order valence-electron chi connectivity index (χ2n) is 6.02. The van der Waals surface area contributed by atoms with Crippen molar-refractivity contribution in [1.29, 1.82) is 0 Å². The third-order valence-corrected chi connectivity index (χ3v) is 4.30. The molecule has 0 aliphatic carbocycles. The number of nitrogens with zero attached hydrogens (tertiary/aromatic N) is 1. The molecule has 0 radical (unpaired) electrons. The van der Waals surface area contributed by atoms with Crippen LogP contribution in [0.3, 0.4) is 0 Å². The Morgan fingerprint density at radius 3 is 2.00 bits per heavy atom. The van der Waals surface area contributed by atoms with E-state index in [-0.39, 0.29) is 0 Å². The molecule has 0 unspecified atom stereocenters. The number of hydrogen-bond acceptors (Lipinski definition) is 0. The highest BCUT2D eigenvalue weighted by Crippen LogP contribution is 2.35. The van der Waals surface area contributed by atoms with Crippen LogP contribution < -0.4 is 0 Å². The first-order valence-electron chi connectivity index (χ1n) is 8.22. The van der Waals surface area contributed by atoms with E-state index in [1.807, 2.05) is 0 Å². The Morgan fingerprint density at radius 1 is 0.625 bits per heavy atom. The van der Waals surface area contributed by atoms with Crippen LogP contribution in [0.15, 0.2) is 97.2 Å². The van der Waals surface area contributed by atoms with Crippen LogP contribution in [-0.4, -0.2) is 4.57 Å². The van der Waals surface area contributed by atoms with E-state index in [2.05, 4.69) is 109 Å². The number of benzene rings is 3. The van der Waals surface area contributed by atoms with Crippen LogP contribution in [0.25, 0.3) is 28.1 Å². The smallest absolute Gasteiger partial charge is 0.0606 e. The number of aromatic nitrogens is 1. The first-order valence-corrected chi connectivity index (χ1v) is 8.22. The largest absolute Gasteiger partial charge is 0.316 e. The van der Waals surface area contributed by atoms with Gasteiger partial charge in [0.1, 0.15) is 0 Å². The van der Waals surface area contributed by atoms with E-state index < -0.39 is 0 Å². The summed E-state index contributed by atoms with van der Waals surface area (Å²) in [7, 11) is 0. The summed E-state index contributed by atoms with van der Waals surface area (Å²) < 4.78 is 2.27. The minimum Gasteiger partial charge on any atom is -0.316 e. The van der Waals surface area contributed by atoms with Crippen molar-refractivity contribution >= 4 is 0 Å². The summed E-state index contributed by atoms with van der Waals surface area (Å²) in [5.74, 6) is 0. The zero-order valence-electron chi connectivity index (χ0n) is 13.7. The van der Waals surface area contributed by atoms with Gasteiger partial charge in [-0.05, 0) is 36.2 Å². The molecular formula is C23H19N. The maximum absolute atomic E-state index is 2.27. The zero-order valence-corrected chi connectivity index (χ0v) is 13.7. The fraction of sp³-hybridized carbons (Fsp3) is 0.0435. The highest BCUT2D eigenvalue weighted by Gasteiger charge is 2.14. The van der Waals surface area contributed by atoms with Gasteiger partial charge in [-0.25, -0.2) is 0 Å². The Morgan fingerprint density at radius 2 is 1.29 bits per heavy atom. The molecule has 0 spiro atoms. The van der Waals surface area contributed by atoms with Gasteiger partial charge in [0.15, 0.2) is 0 Å². The maximum atomic E-state index is 2.27. The van der Waals surface area contributed by atoms with E-state index in [0.717, 1.165) is 0 Å². The fourth-order valence-electron chi connectivity index (χ4n) is 3.17. The van der Waals surface area contributed by atoms with Crippen molar-refractivity contribution in [3.63, 3.8) is 0 Å². The molecule has 0 amide bonds. The zero-order chi connectivity index (χ0) is 16.4. The summed E-state index contributed by atoms with van der Waals surface area (Å²) in [5, 5.41) is 0. The Kier molecular flexibility index (Phi) is 3.76. The van der Waals surface area contributed by atoms with Gasteiger partial charge in [0, 0.05) is 17.4 Å². The van der Waals surface area contributed by atoms with Crippen molar-refractivity contribution in [2.75, 3.05) is 0 Å². The van der Waals surface area contributed by atoms with E-state index in [9.17, 15) is 0 Å². The monoisotopic (exact) mass is 309 g/mol. The third-order valence-electron chi connectivity index (χ3n) is 4.30. The summed E-state index contributed by atoms with van der Waals surface area (Å²) in [5.41, 5.74) is 7.42. The number of aryl methyl sites for hydroxylation is 1. The van der Waals surface area contributed by atoms with Crippen molar-refractivity contribution in [1.82, 2.24) is 4.57 Å². The van der Waals surface area contributed by atoms with Crippen LogP contribution in [0.1, 0.15) is 5.56 Å². The molecule has 0 aliphatic heterocycles. The molecule has 1 aromatic heterocycles. The molecule has 0 saturated heterocycles. The molecule has 116 valence electrons. The van der Waals surface area contributed by atoms with Crippen LogP contribution >= 0.6 is 0 Å². The normalized spacial score (nSPS) is 10.7. The van der Waals surface area contributed by atoms with Gasteiger partial charge in [-0.2, -0.15) is 0 Å². The quantitative estimate of drug-likeness (QED) is 0.429. The molecule has 4 rings (SSSR count). The lowest BCUT2D eigenvalue weighted by Gasteiger charge is -2.13. The number of para-hydroxylation sites is 1. The van der Waals surface area contributed by atoms with Gasteiger partial charge in [0.2, 0.25) is 0 Å². The molecule has 0 N–H and O–H groups in total. The molecule has 1 heteroatoms. The number of hydrogen-bond donors (Lipinski definition) is 0. The second-order valence-corrected chi connectivity index (χ2v) is 6.02. The molecule has 1 nitrogen and oxygen atoms in total. The molecule has 0 saturated carbocycles. The van der Waals surface area contributed by atoms with Crippen LogP contribution in [0, 0.1) is 6.92 Å². The van der Waals surface area contributed by atoms with Crippen molar-refractivity contribution in [2.24, 2.45) is 0 Å². The van der Waals surface area contributed by atoms with Crippen LogP contribution in [0.4, 0.5) is 0 Å². The molecule has 0 fully saturated rings. The Labute approximate surface area is 142 Å². The maximum Gasteiger partial charge on any atom is 0.0606 e. The van der Waals surface area contributed by atoms with Gasteiger partial charge in [0.25, 0.3) is 0 Å². The highest BCUT2D eigenvalue weighted by molar-refractivity contribution is 5.83. The van der Waals surface area contributed by atoms with Crippen LogP contribution in [0.2, 0.25) is 0 Å². The van der Waals surface area contributed by atoms with Crippen molar-refractivity contribution in [3.8, 4) is 28.1 Å². The van der Waals surface area contributed by atoms with Gasteiger partial charge in [-0.15, -0.1) is 0 Å². The molecule has 4 aromatic rings. The first kappa shape index (κ1) is 14.5. The lowest BCUT2D eigenvalue weighted by Crippen LogP contribution is -1.96. The third kappa shape index (κ3) is 2.65. The lowest BCUT2D eigenvalue weighted by atomic mass is 10.00. The predicted octanol–water partition coefficient (Wildman–Crippen LogP) is 6.12. The van der Waals surface area contributed by atoms with E-state index in [0.29, 0.717) is 0 Å². The summed E-state index contributed by atoms with van der Waals surface area (Å²) >= 11 is 0. The molecule has 0 bridgehead atoms. The summed E-state index contributed by atoms with van der Waals surface area (Å²) in [6.07, 6.45) is 2.16. The van der Waals surface area contributed by atoms with Crippen molar-refractivity contribution in [3.05, 3.63) is 103 Å². The number of rotatable bonds is 3. The average molecular weight is 309 g/mol. The topological polar surface area (TPSA) is 4.93 Å².